The fourth-order valence-corrected chi connectivity index (χ4v) is 3.56. The highest BCUT2D eigenvalue weighted by Gasteiger charge is 2.12. The molecule has 0 saturated heterocycles. The first-order valence-electron chi connectivity index (χ1n) is 8.59. The van der Waals surface area contributed by atoms with E-state index in [-0.39, 0.29) is 0 Å². The van der Waals surface area contributed by atoms with Crippen molar-refractivity contribution in [3.05, 3.63) is 107 Å². The monoisotopic (exact) mass is 386 g/mol. The lowest BCUT2D eigenvalue weighted by Gasteiger charge is -2.17. The van der Waals surface area contributed by atoms with Gasteiger partial charge in [-0.15, -0.1) is 0 Å². The van der Waals surface area contributed by atoms with Gasteiger partial charge in [0, 0.05) is 10.4 Å². The lowest BCUT2D eigenvalue weighted by atomic mass is 9.87. The highest BCUT2D eigenvalue weighted by Crippen LogP contribution is 2.34. The van der Waals surface area contributed by atoms with Crippen LogP contribution in [0.3, 0.4) is 0 Å². The van der Waals surface area contributed by atoms with E-state index in [9.17, 15) is 0 Å². The summed E-state index contributed by atoms with van der Waals surface area (Å²) in [5, 5.41) is 0. The van der Waals surface area contributed by atoms with Crippen LogP contribution >= 0.6 is 15.9 Å². The molecule has 0 fully saturated rings. The van der Waals surface area contributed by atoms with Crippen molar-refractivity contribution < 1.29 is 0 Å². The Balaban J connectivity index is 1.84. The molecule has 0 radical (unpaired) electrons. The molecule has 0 amide bonds. The maximum atomic E-state index is 3.53. The van der Waals surface area contributed by atoms with Crippen LogP contribution in [0.25, 0.3) is 22.3 Å². The van der Waals surface area contributed by atoms with Gasteiger partial charge in [-0.05, 0) is 52.4 Å². The molecule has 25 heavy (non-hydrogen) atoms. The molecule has 3 aromatic rings. The molecule has 0 bridgehead atoms. The van der Waals surface area contributed by atoms with Crippen LogP contribution in [0, 0.1) is 0 Å². The van der Waals surface area contributed by atoms with Crippen LogP contribution in [-0.4, -0.2) is 0 Å². The third-order valence-corrected chi connectivity index (χ3v) is 5.18. The summed E-state index contributed by atoms with van der Waals surface area (Å²) in [7, 11) is 0. The van der Waals surface area contributed by atoms with Crippen molar-refractivity contribution in [3.63, 3.8) is 0 Å². The van der Waals surface area contributed by atoms with Crippen molar-refractivity contribution in [3.8, 4) is 22.3 Å². The van der Waals surface area contributed by atoms with E-state index >= 15 is 0 Å². The van der Waals surface area contributed by atoms with Crippen molar-refractivity contribution >= 4 is 15.9 Å². The normalized spacial score (nSPS) is 16.1. The van der Waals surface area contributed by atoms with Crippen LogP contribution in [0.4, 0.5) is 0 Å². The van der Waals surface area contributed by atoms with E-state index in [1.807, 2.05) is 0 Å². The second kappa shape index (κ2) is 7.25. The molecule has 3 aromatic carbocycles. The summed E-state index contributed by atoms with van der Waals surface area (Å²) in [5.74, 6) is 0.447. The molecule has 122 valence electrons. The lowest BCUT2D eigenvalue weighted by Crippen LogP contribution is -1.97. The van der Waals surface area contributed by atoms with Crippen LogP contribution in [-0.2, 0) is 0 Å². The van der Waals surface area contributed by atoms with Gasteiger partial charge in [0.1, 0.15) is 0 Å². The average Bonchev–Trinajstić information content (AvgIpc) is 2.69. The summed E-state index contributed by atoms with van der Waals surface area (Å²) in [6.45, 7) is 0. The molecule has 0 spiro atoms. The molecule has 1 aliphatic carbocycles. The van der Waals surface area contributed by atoms with Gasteiger partial charge < -0.3 is 0 Å². The van der Waals surface area contributed by atoms with Gasteiger partial charge in [0.15, 0.2) is 0 Å². The van der Waals surface area contributed by atoms with Crippen LogP contribution < -0.4 is 0 Å². The van der Waals surface area contributed by atoms with Crippen LogP contribution in [0.2, 0.25) is 0 Å². The Morgan fingerprint density at radius 1 is 0.680 bits per heavy atom. The van der Waals surface area contributed by atoms with Crippen molar-refractivity contribution in [2.24, 2.45) is 0 Å². The Morgan fingerprint density at radius 3 is 2.00 bits per heavy atom. The highest BCUT2D eigenvalue weighted by atomic mass is 79.9. The van der Waals surface area contributed by atoms with Crippen molar-refractivity contribution in [2.45, 2.75) is 12.3 Å². The predicted octanol–water partition coefficient (Wildman–Crippen LogP) is 7.38. The predicted molar refractivity (Wildman–Crippen MR) is 111 cm³/mol. The van der Waals surface area contributed by atoms with Crippen LogP contribution in [0.5, 0.6) is 0 Å². The highest BCUT2D eigenvalue weighted by molar-refractivity contribution is 9.10. The number of rotatable bonds is 3. The third-order valence-electron chi connectivity index (χ3n) is 4.65. The second-order valence-electron chi connectivity index (χ2n) is 6.37. The number of benzene rings is 3. The third kappa shape index (κ3) is 3.67. The maximum absolute atomic E-state index is 3.53. The Kier molecular flexibility index (Phi) is 4.67. The molecular formula is C24H19Br. The zero-order chi connectivity index (χ0) is 17.1. The van der Waals surface area contributed by atoms with E-state index in [4.69, 9.17) is 0 Å². The summed E-state index contributed by atoms with van der Waals surface area (Å²) < 4.78 is 1.11. The minimum absolute atomic E-state index is 0.447. The lowest BCUT2D eigenvalue weighted by molar-refractivity contribution is 0.854. The first-order chi connectivity index (χ1) is 12.3. The van der Waals surface area contributed by atoms with Gasteiger partial charge in [-0.1, -0.05) is 94.8 Å². The first kappa shape index (κ1) is 16.1. The number of hydrogen-bond acceptors (Lipinski definition) is 0. The topological polar surface area (TPSA) is 0 Å². The summed E-state index contributed by atoms with van der Waals surface area (Å²) in [6, 6.07) is 26.2. The largest absolute Gasteiger partial charge is 0.0836 e. The second-order valence-corrected chi connectivity index (χ2v) is 7.29. The van der Waals surface area contributed by atoms with Gasteiger partial charge in [-0.25, -0.2) is 0 Å². The van der Waals surface area contributed by atoms with Gasteiger partial charge in [0.25, 0.3) is 0 Å². The van der Waals surface area contributed by atoms with Crippen molar-refractivity contribution in [1.82, 2.24) is 0 Å². The van der Waals surface area contributed by atoms with Gasteiger partial charge >= 0.3 is 0 Å². The van der Waals surface area contributed by atoms with E-state index < -0.39 is 0 Å². The molecule has 0 N–H and O–H groups in total. The number of allylic oxidation sites excluding steroid dienone is 4. The van der Waals surface area contributed by atoms with E-state index in [1.54, 1.807) is 0 Å². The van der Waals surface area contributed by atoms with E-state index in [0.29, 0.717) is 5.92 Å². The minimum Gasteiger partial charge on any atom is -0.0836 e. The molecule has 0 nitrogen and oxygen atoms in total. The molecule has 0 aromatic heterocycles. The standard InChI is InChI=1S/C24H19Br/c25-24-13-11-20(12-14-24)23-16-21(18-7-3-1-4-8-18)15-22(17-23)19-9-5-2-6-10-19/h1-9,11-17,19H,10H2. The van der Waals surface area contributed by atoms with Gasteiger partial charge in [-0.3, -0.25) is 0 Å². The Hall–Kier alpha value is -2.38. The average molecular weight is 387 g/mol. The van der Waals surface area contributed by atoms with Gasteiger partial charge in [-0.2, -0.15) is 0 Å². The fourth-order valence-electron chi connectivity index (χ4n) is 3.30. The maximum Gasteiger partial charge on any atom is 0.0175 e. The van der Waals surface area contributed by atoms with E-state index in [2.05, 4.69) is 113 Å². The van der Waals surface area contributed by atoms with E-state index in [0.717, 1.165) is 10.9 Å². The number of halogens is 1. The Morgan fingerprint density at radius 2 is 1.36 bits per heavy atom. The summed E-state index contributed by atoms with van der Waals surface area (Å²) >= 11 is 3.53. The molecule has 0 saturated carbocycles. The Bertz CT molecular complexity index is 918. The fraction of sp³-hybridized carbons (Fsp3) is 0.0833. The molecule has 1 heteroatoms. The summed E-state index contributed by atoms with van der Waals surface area (Å²) in [4.78, 5) is 0. The molecule has 1 unspecified atom stereocenters. The van der Waals surface area contributed by atoms with Crippen LogP contribution in [0.1, 0.15) is 17.9 Å². The minimum atomic E-state index is 0.447. The first-order valence-corrected chi connectivity index (χ1v) is 9.38. The summed E-state index contributed by atoms with van der Waals surface area (Å²) in [6.07, 6.45) is 9.90. The SMILES string of the molecule is Brc1ccc(-c2cc(-c3ccccc3)cc(C3C=CC=CC3)c2)cc1. The van der Waals surface area contributed by atoms with Crippen molar-refractivity contribution in [1.29, 1.82) is 0 Å². The van der Waals surface area contributed by atoms with Crippen LogP contribution in [0.15, 0.2) is 102 Å². The Labute approximate surface area is 157 Å². The molecule has 1 atom stereocenters. The number of hydrogen-bond donors (Lipinski definition) is 0. The van der Waals surface area contributed by atoms with Gasteiger partial charge in [0.2, 0.25) is 0 Å². The smallest absolute Gasteiger partial charge is 0.0175 e. The van der Waals surface area contributed by atoms with Gasteiger partial charge in [0.05, 0.1) is 0 Å². The zero-order valence-corrected chi connectivity index (χ0v) is 15.5. The molecule has 4 rings (SSSR count). The molecule has 0 aliphatic heterocycles. The van der Waals surface area contributed by atoms with Crippen molar-refractivity contribution in [2.75, 3.05) is 0 Å². The zero-order valence-electron chi connectivity index (χ0n) is 13.9. The van der Waals surface area contributed by atoms with E-state index in [1.165, 1.54) is 27.8 Å². The quantitative estimate of drug-likeness (QED) is 0.440. The molecular weight excluding hydrogens is 368 g/mol. The molecule has 0 heterocycles. The molecule has 1 aliphatic rings. The summed E-state index contributed by atoms with van der Waals surface area (Å²) in [5.41, 5.74) is 6.43.